The van der Waals surface area contributed by atoms with Crippen molar-refractivity contribution >= 4 is 28.9 Å². The van der Waals surface area contributed by atoms with E-state index < -0.39 is 17.3 Å². The van der Waals surface area contributed by atoms with Crippen molar-refractivity contribution in [3.63, 3.8) is 0 Å². The lowest BCUT2D eigenvalue weighted by molar-refractivity contribution is -0.141. The van der Waals surface area contributed by atoms with Crippen LogP contribution in [0.1, 0.15) is 37.0 Å². The first-order valence-electron chi connectivity index (χ1n) is 10.4. The normalized spacial score (nSPS) is 12.1. The summed E-state index contributed by atoms with van der Waals surface area (Å²) in [5.41, 5.74) is 5.96. The van der Waals surface area contributed by atoms with Gasteiger partial charge in [0.15, 0.2) is 0 Å². The zero-order chi connectivity index (χ0) is 24.9. The molecular formula is C23H25F3N6OS. The molecule has 0 unspecified atom stereocenters. The Morgan fingerprint density at radius 3 is 2.65 bits per heavy atom. The largest absolute Gasteiger partial charge is 0.433 e. The van der Waals surface area contributed by atoms with Crippen LogP contribution in [0.4, 0.5) is 24.8 Å². The van der Waals surface area contributed by atoms with Gasteiger partial charge in [-0.05, 0) is 43.2 Å². The summed E-state index contributed by atoms with van der Waals surface area (Å²) in [6.45, 7) is 7.39. The molecule has 0 bridgehead atoms. The highest BCUT2D eigenvalue weighted by Gasteiger charge is 2.33. The highest BCUT2D eigenvalue weighted by Crippen LogP contribution is 2.33. The summed E-state index contributed by atoms with van der Waals surface area (Å²) in [7, 11) is 0. The first-order chi connectivity index (χ1) is 16.0. The van der Waals surface area contributed by atoms with Crippen molar-refractivity contribution in [2.45, 2.75) is 40.3 Å². The monoisotopic (exact) mass is 490 g/mol. The van der Waals surface area contributed by atoms with Crippen molar-refractivity contribution < 1.29 is 18.0 Å². The maximum Gasteiger partial charge on any atom is 0.433 e. The molecule has 7 nitrogen and oxygen atoms in total. The van der Waals surface area contributed by atoms with Crippen LogP contribution in [0.15, 0.2) is 48.9 Å². The molecule has 0 radical (unpaired) electrons. The number of aromatic nitrogens is 3. The van der Waals surface area contributed by atoms with E-state index in [9.17, 15) is 18.0 Å². The van der Waals surface area contributed by atoms with E-state index in [4.69, 9.17) is 0 Å². The van der Waals surface area contributed by atoms with Gasteiger partial charge < -0.3 is 10.7 Å². The predicted molar refractivity (Wildman–Crippen MR) is 126 cm³/mol. The van der Waals surface area contributed by atoms with Crippen LogP contribution in [0.2, 0.25) is 0 Å². The Morgan fingerprint density at radius 1 is 1.18 bits per heavy atom. The Labute approximate surface area is 199 Å². The Balaban J connectivity index is 1.77. The fourth-order valence-electron chi connectivity index (χ4n) is 3.05. The number of thiazole rings is 1. The summed E-state index contributed by atoms with van der Waals surface area (Å²) in [5.74, 6) is -0.305. The summed E-state index contributed by atoms with van der Waals surface area (Å²) in [6.07, 6.45) is 2.08. The molecule has 2 aromatic heterocycles. The van der Waals surface area contributed by atoms with Crippen molar-refractivity contribution in [2.75, 3.05) is 5.32 Å². The first kappa shape index (κ1) is 25.2. The van der Waals surface area contributed by atoms with Gasteiger partial charge in [0.25, 0.3) is 0 Å². The van der Waals surface area contributed by atoms with E-state index in [-0.39, 0.29) is 11.9 Å². The number of benzene rings is 1. The van der Waals surface area contributed by atoms with Gasteiger partial charge in [-0.25, -0.2) is 15.0 Å². The SMILES string of the molecule is C/C=C\NNC(=O)C(C)(C)Cc1ncc(-c2cc(C)cc(Nc3nccc(C(F)(F)F)n3)c2)s1. The molecule has 0 aliphatic heterocycles. The van der Waals surface area contributed by atoms with Gasteiger partial charge in [0.2, 0.25) is 11.9 Å². The quantitative estimate of drug-likeness (QED) is 0.367. The molecule has 34 heavy (non-hydrogen) atoms. The summed E-state index contributed by atoms with van der Waals surface area (Å²) >= 11 is 1.45. The van der Waals surface area contributed by atoms with E-state index in [1.807, 2.05) is 33.8 Å². The van der Waals surface area contributed by atoms with Gasteiger partial charge in [0.05, 0.1) is 15.3 Å². The van der Waals surface area contributed by atoms with Crippen LogP contribution < -0.4 is 16.2 Å². The fourth-order valence-corrected chi connectivity index (χ4v) is 4.18. The second kappa shape index (κ2) is 10.2. The minimum Gasteiger partial charge on any atom is -0.324 e. The van der Waals surface area contributed by atoms with E-state index >= 15 is 0 Å². The van der Waals surface area contributed by atoms with Gasteiger partial charge in [0.1, 0.15) is 5.69 Å². The molecule has 0 saturated carbocycles. The highest BCUT2D eigenvalue weighted by molar-refractivity contribution is 7.15. The minimum absolute atomic E-state index is 0.143. The molecule has 1 aromatic carbocycles. The van der Waals surface area contributed by atoms with Crippen LogP contribution in [-0.2, 0) is 17.4 Å². The summed E-state index contributed by atoms with van der Waals surface area (Å²) in [4.78, 5) is 25.2. The van der Waals surface area contributed by atoms with E-state index in [0.29, 0.717) is 12.1 Å². The molecule has 0 atom stereocenters. The van der Waals surface area contributed by atoms with Gasteiger partial charge in [-0.3, -0.25) is 10.2 Å². The van der Waals surface area contributed by atoms with Crippen molar-refractivity contribution in [1.29, 1.82) is 0 Å². The van der Waals surface area contributed by atoms with E-state index in [0.717, 1.165) is 33.3 Å². The molecule has 3 rings (SSSR count). The Hall–Kier alpha value is -3.47. The number of hydrogen-bond acceptors (Lipinski definition) is 7. The van der Waals surface area contributed by atoms with Crippen LogP contribution >= 0.6 is 11.3 Å². The van der Waals surface area contributed by atoms with Crippen molar-refractivity contribution in [1.82, 2.24) is 25.8 Å². The zero-order valence-corrected chi connectivity index (χ0v) is 19.9. The standard InChI is InChI=1S/C23H25F3N6OS/c1-5-7-29-32-20(33)22(3,4)12-19-28-13-17(34-19)15-9-14(2)10-16(11-15)30-21-27-8-6-18(31-21)23(24,25)26/h5-11,13,29H,12H2,1-4H3,(H,32,33)(H,27,30,31)/b7-5-. The number of amides is 1. The Morgan fingerprint density at radius 2 is 1.94 bits per heavy atom. The molecule has 0 spiro atoms. The summed E-state index contributed by atoms with van der Waals surface area (Å²) in [5, 5.41) is 3.64. The number of alkyl halides is 3. The van der Waals surface area contributed by atoms with Crippen LogP contribution in [0.25, 0.3) is 10.4 Å². The van der Waals surface area contributed by atoms with E-state index in [1.54, 1.807) is 30.6 Å². The maximum absolute atomic E-state index is 12.9. The van der Waals surface area contributed by atoms with Gasteiger partial charge in [0, 0.05) is 30.7 Å². The van der Waals surface area contributed by atoms with Crippen LogP contribution in [-0.4, -0.2) is 20.9 Å². The van der Waals surface area contributed by atoms with Crippen molar-refractivity contribution in [3.8, 4) is 10.4 Å². The molecule has 0 fully saturated rings. The number of nitrogens with one attached hydrogen (secondary N) is 3. The number of rotatable bonds is 8. The maximum atomic E-state index is 12.9. The smallest absolute Gasteiger partial charge is 0.324 e. The highest BCUT2D eigenvalue weighted by atomic mass is 32.1. The second-order valence-corrected chi connectivity index (χ2v) is 9.37. The lowest BCUT2D eigenvalue weighted by Gasteiger charge is -2.22. The number of nitrogens with zero attached hydrogens (tertiary/aromatic N) is 3. The first-order valence-corrected chi connectivity index (χ1v) is 11.2. The fraction of sp³-hybridized carbons (Fsp3) is 0.304. The summed E-state index contributed by atoms with van der Waals surface area (Å²) in [6, 6.07) is 6.37. The third-order valence-corrected chi connectivity index (χ3v) is 5.81. The number of carbonyl (C=O) groups excluding carboxylic acids is 1. The van der Waals surface area contributed by atoms with Crippen molar-refractivity contribution in [2.24, 2.45) is 5.41 Å². The number of anilines is 2. The molecule has 180 valence electrons. The molecule has 3 aromatic rings. The average molecular weight is 491 g/mol. The van der Waals surface area contributed by atoms with Gasteiger partial charge in [-0.15, -0.1) is 11.3 Å². The van der Waals surface area contributed by atoms with E-state index in [1.165, 1.54) is 11.3 Å². The number of halogens is 3. The number of hydrazine groups is 1. The topological polar surface area (TPSA) is 91.8 Å². The number of carbonyl (C=O) groups is 1. The third-order valence-electron chi connectivity index (χ3n) is 4.76. The zero-order valence-electron chi connectivity index (χ0n) is 19.1. The molecule has 0 aliphatic rings. The van der Waals surface area contributed by atoms with Crippen molar-refractivity contribution in [3.05, 3.63) is 65.2 Å². The Kier molecular flexibility index (Phi) is 7.55. The molecule has 11 heteroatoms. The lowest BCUT2D eigenvalue weighted by atomic mass is 9.89. The van der Waals surface area contributed by atoms with Crippen LogP contribution in [0.3, 0.4) is 0 Å². The summed E-state index contributed by atoms with van der Waals surface area (Å²) < 4.78 is 38.8. The van der Waals surface area contributed by atoms with E-state index in [2.05, 4.69) is 31.1 Å². The van der Waals surface area contributed by atoms with Gasteiger partial charge in [-0.1, -0.05) is 26.0 Å². The molecule has 0 aliphatic carbocycles. The average Bonchev–Trinajstić information content (AvgIpc) is 3.21. The second-order valence-electron chi connectivity index (χ2n) is 8.25. The molecule has 1 amide bonds. The van der Waals surface area contributed by atoms with Crippen LogP contribution in [0.5, 0.6) is 0 Å². The number of hydrogen-bond donors (Lipinski definition) is 3. The molecular weight excluding hydrogens is 465 g/mol. The minimum atomic E-state index is -4.55. The molecule has 0 saturated heterocycles. The van der Waals surface area contributed by atoms with Gasteiger partial charge >= 0.3 is 6.18 Å². The van der Waals surface area contributed by atoms with Gasteiger partial charge in [-0.2, -0.15) is 13.2 Å². The molecule has 2 heterocycles. The van der Waals surface area contributed by atoms with Crippen LogP contribution in [0, 0.1) is 12.3 Å². The molecule has 3 N–H and O–H groups in total. The lowest BCUT2D eigenvalue weighted by Crippen LogP contribution is -2.43. The third kappa shape index (κ3) is 6.53. The predicted octanol–water partition coefficient (Wildman–Crippen LogP) is 5.39. The number of aryl methyl sites for hydroxylation is 1. The number of allylic oxidation sites excluding steroid dienone is 1. The Bertz CT molecular complexity index is 1190.